The molecule has 0 bridgehead atoms. The van der Waals surface area contributed by atoms with Crippen LogP contribution in [0, 0.1) is 13.8 Å². The highest BCUT2D eigenvalue weighted by atomic mass is 35.5. The first kappa shape index (κ1) is 14.5. The van der Waals surface area contributed by atoms with Crippen molar-refractivity contribution in [1.82, 2.24) is 10.2 Å². The zero-order valence-electron chi connectivity index (χ0n) is 11.4. The lowest BCUT2D eigenvalue weighted by atomic mass is 10.0. The lowest BCUT2D eigenvalue weighted by Gasteiger charge is -2.06. The number of rotatable bonds is 4. The Morgan fingerprint density at radius 2 is 2.00 bits per heavy atom. The van der Waals surface area contributed by atoms with Crippen LogP contribution < -0.4 is 5.56 Å². The van der Waals surface area contributed by atoms with Gasteiger partial charge in [0.1, 0.15) is 0 Å². The van der Waals surface area contributed by atoms with Gasteiger partial charge in [0.2, 0.25) is 5.24 Å². The van der Waals surface area contributed by atoms with Gasteiger partial charge in [0, 0.05) is 17.5 Å². The second-order valence-corrected chi connectivity index (χ2v) is 5.18. The molecule has 5 heteroatoms. The molecule has 4 nitrogen and oxygen atoms in total. The largest absolute Gasteiger partial charge is 0.281 e. The van der Waals surface area contributed by atoms with Gasteiger partial charge < -0.3 is 0 Å². The van der Waals surface area contributed by atoms with Gasteiger partial charge in [-0.2, -0.15) is 5.10 Å². The molecule has 104 valence electrons. The highest BCUT2D eigenvalue weighted by Crippen LogP contribution is 2.20. The zero-order chi connectivity index (χ0) is 14.7. The van der Waals surface area contributed by atoms with Crippen LogP contribution in [0.4, 0.5) is 0 Å². The number of carbonyl (C=O) groups is 1. The van der Waals surface area contributed by atoms with Crippen molar-refractivity contribution in [2.45, 2.75) is 26.7 Å². The second kappa shape index (κ2) is 6.01. The van der Waals surface area contributed by atoms with Crippen molar-refractivity contribution in [3.05, 3.63) is 51.3 Å². The Morgan fingerprint density at radius 3 is 2.65 bits per heavy atom. The lowest BCUT2D eigenvalue weighted by Crippen LogP contribution is -2.15. The molecule has 2 aromatic rings. The van der Waals surface area contributed by atoms with Crippen LogP contribution in [0.15, 0.2) is 29.1 Å². The molecule has 2 rings (SSSR count). The predicted molar refractivity (Wildman–Crippen MR) is 78.9 cm³/mol. The number of hydrogen-bond donors (Lipinski definition) is 1. The molecule has 0 aliphatic carbocycles. The van der Waals surface area contributed by atoms with Crippen molar-refractivity contribution < 1.29 is 4.79 Å². The molecule has 1 aromatic heterocycles. The standard InChI is InChI=1S/C15H15ClN2O2/c1-9-3-4-11(7-10(9)2)13-8-12(5-6-14(16)19)15(20)18-17-13/h3-4,7-8H,5-6H2,1-2H3,(H,18,20). The smallest absolute Gasteiger partial charge is 0.267 e. The van der Waals surface area contributed by atoms with Gasteiger partial charge in [0.25, 0.3) is 5.56 Å². The van der Waals surface area contributed by atoms with Crippen LogP contribution in [0.25, 0.3) is 11.3 Å². The first-order valence-corrected chi connectivity index (χ1v) is 6.69. The summed E-state index contributed by atoms with van der Waals surface area (Å²) in [6.45, 7) is 4.06. The fraction of sp³-hybridized carbons (Fsp3) is 0.267. The number of aryl methyl sites for hydroxylation is 3. The summed E-state index contributed by atoms with van der Waals surface area (Å²) in [5.74, 6) is 0. The summed E-state index contributed by atoms with van der Waals surface area (Å²) in [7, 11) is 0. The van der Waals surface area contributed by atoms with Crippen molar-refractivity contribution in [2.75, 3.05) is 0 Å². The average Bonchev–Trinajstić information content (AvgIpc) is 2.41. The van der Waals surface area contributed by atoms with E-state index < -0.39 is 5.24 Å². The molecule has 1 heterocycles. The topological polar surface area (TPSA) is 62.8 Å². The van der Waals surface area contributed by atoms with Gasteiger partial charge in [-0.05, 0) is 55.1 Å². The first-order chi connectivity index (χ1) is 9.47. The molecule has 0 unspecified atom stereocenters. The summed E-state index contributed by atoms with van der Waals surface area (Å²) in [4.78, 5) is 22.5. The van der Waals surface area contributed by atoms with Gasteiger partial charge in [0.15, 0.2) is 0 Å². The number of halogens is 1. The molecule has 0 spiro atoms. The van der Waals surface area contributed by atoms with Crippen LogP contribution in [-0.4, -0.2) is 15.4 Å². The van der Waals surface area contributed by atoms with Gasteiger partial charge in [0.05, 0.1) is 5.69 Å². The maximum Gasteiger partial charge on any atom is 0.267 e. The van der Waals surface area contributed by atoms with E-state index in [1.807, 2.05) is 32.0 Å². The molecule has 0 amide bonds. The first-order valence-electron chi connectivity index (χ1n) is 6.32. The molecular weight excluding hydrogens is 276 g/mol. The van der Waals surface area contributed by atoms with Gasteiger partial charge >= 0.3 is 0 Å². The maximum absolute atomic E-state index is 11.7. The van der Waals surface area contributed by atoms with E-state index in [4.69, 9.17) is 11.6 Å². The Balaban J connectivity index is 2.37. The summed E-state index contributed by atoms with van der Waals surface area (Å²) >= 11 is 5.31. The third-order valence-electron chi connectivity index (χ3n) is 3.27. The molecule has 0 fully saturated rings. The number of hydrogen-bond acceptors (Lipinski definition) is 3. The minimum Gasteiger partial charge on any atom is -0.281 e. The minimum atomic E-state index is -0.450. The summed E-state index contributed by atoms with van der Waals surface area (Å²) in [6.07, 6.45) is 0.457. The molecule has 0 aliphatic heterocycles. The van der Waals surface area contributed by atoms with Crippen LogP contribution >= 0.6 is 11.6 Å². The Morgan fingerprint density at radius 1 is 1.25 bits per heavy atom. The van der Waals surface area contributed by atoms with E-state index in [0.29, 0.717) is 17.7 Å². The zero-order valence-corrected chi connectivity index (χ0v) is 12.1. The molecule has 0 aliphatic rings. The third kappa shape index (κ3) is 3.33. The Bertz CT molecular complexity index is 707. The number of H-pyrrole nitrogens is 1. The number of carbonyl (C=O) groups excluding carboxylic acids is 1. The Kier molecular flexibility index (Phi) is 4.35. The van der Waals surface area contributed by atoms with Gasteiger partial charge in [-0.3, -0.25) is 9.59 Å². The summed E-state index contributed by atoms with van der Waals surface area (Å²) in [5, 5.41) is 6.07. The van der Waals surface area contributed by atoms with Crippen molar-refractivity contribution in [2.24, 2.45) is 0 Å². The normalized spacial score (nSPS) is 10.6. The number of aromatic amines is 1. The molecule has 1 aromatic carbocycles. The van der Waals surface area contributed by atoms with Crippen LogP contribution in [-0.2, 0) is 11.2 Å². The van der Waals surface area contributed by atoms with E-state index >= 15 is 0 Å². The van der Waals surface area contributed by atoms with Crippen LogP contribution in [0.2, 0.25) is 0 Å². The minimum absolute atomic E-state index is 0.140. The number of nitrogens with one attached hydrogen (secondary N) is 1. The fourth-order valence-corrected chi connectivity index (χ4v) is 2.01. The van der Waals surface area contributed by atoms with E-state index in [9.17, 15) is 9.59 Å². The SMILES string of the molecule is Cc1ccc(-c2cc(CCC(=O)Cl)c(=O)[nH]n2)cc1C. The van der Waals surface area contributed by atoms with Gasteiger partial charge in [-0.1, -0.05) is 12.1 Å². The van der Waals surface area contributed by atoms with Crippen LogP contribution in [0.5, 0.6) is 0 Å². The molecule has 1 N–H and O–H groups in total. The summed E-state index contributed by atoms with van der Waals surface area (Å²) in [6, 6.07) is 7.70. The molecule has 0 radical (unpaired) electrons. The highest BCUT2D eigenvalue weighted by molar-refractivity contribution is 6.63. The Labute approximate surface area is 121 Å². The molecule has 0 saturated heterocycles. The second-order valence-electron chi connectivity index (χ2n) is 4.76. The molecule has 0 atom stereocenters. The van der Waals surface area contributed by atoms with Crippen LogP contribution in [0.3, 0.4) is 0 Å². The summed E-state index contributed by atoms with van der Waals surface area (Å²) < 4.78 is 0. The quantitative estimate of drug-likeness (QED) is 0.881. The monoisotopic (exact) mass is 290 g/mol. The molecular formula is C15H15ClN2O2. The van der Waals surface area contributed by atoms with Crippen molar-refractivity contribution >= 4 is 16.8 Å². The van der Waals surface area contributed by atoms with Gasteiger partial charge in [-0.15, -0.1) is 0 Å². The van der Waals surface area contributed by atoms with Gasteiger partial charge in [-0.25, -0.2) is 5.10 Å². The van der Waals surface area contributed by atoms with Crippen molar-refractivity contribution in [3.63, 3.8) is 0 Å². The van der Waals surface area contributed by atoms with Crippen LogP contribution in [0.1, 0.15) is 23.1 Å². The predicted octanol–water partition coefficient (Wildman–Crippen LogP) is 2.75. The van der Waals surface area contributed by atoms with E-state index in [2.05, 4.69) is 10.2 Å². The van der Waals surface area contributed by atoms with Crippen molar-refractivity contribution in [1.29, 1.82) is 0 Å². The number of nitrogens with zero attached hydrogens (tertiary/aromatic N) is 1. The highest BCUT2D eigenvalue weighted by Gasteiger charge is 2.08. The number of aromatic nitrogens is 2. The van der Waals surface area contributed by atoms with E-state index in [-0.39, 0.29) is 12.0 Å². The number of benzene rings is 1. The van der Waals surface area contributed by atoms with E-state index in [1.54, 1.807) is 6.07 Å². The van der Waals surface area contributed by atoms with E-state index in [1.165, 1.54) is 5.56 Å². The maximum atomic E-state index is 11.7. The van der Waals surface area contributed by atoms with Crippen molar-refractivity contribution in [3.8, 4) is 11.3 Å². The summed E-state index contributed by atoms with van der Waals surface area (Å²) in [5.41, 5.74) is 4.21. The average molecular weight is 291 g/mol. The molecule has 0 saturated carbocycles. The third-order valence-corrected chi connectivity index (χ3v) is 3.46. The lowest BCUT2D eigenvalue weighted by molar-refractivity contribution is -0.111. The Hall–Kier alpha value is -1.94. The molecule has 20 heavy (non-hydrogen) atoms. The fourth-order valence-electron chi connectivity index (χ4n) is 1.91. The van der Waals surface area contributed by atoms with E-state index in [0.717, 1.165) is 11.1 Å².